The number of H-pyrrole nitrogens is 1. The molecule has 36 nitrogen and oxygen atoms in total. The van der Waals surface area contributed by atoms with E-state index in [-0.39, 0.29) is 62.4 Å². The Morgan fingerprint density at radius 1 is 0.508 bits per heavy atom. The topological polar surface area (TPSA) is 496 Å². The second-order valence-corrected chi connectivity index (χ2v) is 31.6. The number of carbonyl (C=O) groups excluding carboxylic acids is 2. The van der Waals surface area contributed by atoms with E-state index in [9.17, 15) is 33.6 Å². The Morgan fingerprint density at radius 3 is 1.38 bits per heavy atom. The number of halogens is 4. The number of nitrogen functional groups attached to an aromatic ring is 1. The Hall–Kier alpha value is -13.3. The zero-order chi connectivity index (χ0) is 90.1. The summed E-state index contributed by atoms with van der Waals surface area (Å²) in [7, 11) is 13.9. The molecule has 0 bridgehead atoms. The number of amides is 2. The Labute approximate surface area is 775 Å². The summed E-state index contributed by atoms with van der Waals surface area (Å²) in [6.07, 6.45) is 24.9. The van der Waals surface area contributed by atoms with Gasteiger partial charge in [0.15, 0.2) is 39.0 Å². The van der Waals surface area contributed by atoms with Crippen LogP contribution in [0.4, 0.5) is 23.1 Å². The molecule has 44 heteroatoms. The van der Waals surface area contributed by atoms with Crippen molar-refractivity contribution in [3.8, 4) is 44.5 Å². The summed E-state index contributed by atoms with van der Waals surface area (Å²) in [5, 5.41) is 34.5. The molecule has 0 aliphatic heterocycles. The summed E-state index contributed by atoms with van der Waals surface area (Å²) in [5.74, 6) is 15.3. The highest BCUT2D eigenvalue weighted by atomic mass is 127. The highest BCUT2D eigenvalue weighted by Crippen LogP contribution is 2.32. The number of nitrogens with one attached hydrogen (secondary N) is 4. The molecule has 2 amide bonds. The molecule has 128 heavy (non-hydrogen) atoms. The van der Waals surface area contributed by atoms with Crippen molar-refractivity contribution in [2.45, 2.75) is 35.9 Å². The monoisotopic (exact) mass is 1990 g/mol. The molecule has 0 unspecified atom stereocenters. The molecule has 16 aromatic heterocycles. The number of aromatic nitrogens is 20. The number of carbonyl (C=O) groups is 2. The van der Waals surface area contributed by atoms with Crippen LogP contribution in [0.5, 0.6) is 0 Å². The molecule has 2 aliphatic rings. The fraction of sp³-hybridized carbons (Fsp3) is 0.131. The number of rotatable bonds is 12. The molecule has 2 fully saturated rings. The van der Waals surface area contributed by atoms with Gasteiger partial charge in [0.05, 0.1) is 23.2 Å². The number of imidazole rings is 2. The molecule has 2 aliphatic carbocycles. The summed E-state index contributed by atoms with van der Waals surface area (Å²) in [6, 6.07) is 51.8. The first kappa shape index (κ1) is 98.5. The van der Waals surface area contributed by atoms with Crippen LogP contribution in [0.15, 0.2) is 294 Å². The highest BCUT2D eigenvalue weighted by molar-refractivity contribution is 14.1. The fourth-order valence-electron chi connectivity index (χ4n) is 11.1. The number of hydrogen-bond acceptors (Lipinski definition) is 25. The second-order valence-electron chi connectivity index (χ2n) is 27.3. The number of nitrogens with zero attached hydrogens (tertiary/aromatic N) is 20. The van der Waals surface area contributed by atoms with Crippen molar-refractivity contribution in [1.29, 1.82) is 0 Å². The predicted molar refractivity (Wildman–Crippen MR) is 514 cm³/mol. The zero-order valence-electron chi connectivity index (χ0n) is 68.5. The van der Waals surface area contributed by atoms with Crippen LogP contribution >= 0.6 is 97.9 Å². The van der Waals surface area contributed by atoms with Gasteiger partial charge in [0, 0.05) is 166 Å². The number of fused-ring (bicyclic) bond motifs is 4. The Balaban J connectivity index is 0.000000172. The van der Waals surface area contributed by atoms with E-state index in [2.05, 4.69) is 144 Å². The molecule has 2 saturated carbocycles. The third kappa shape index (κ3) is 28.3. The van der Waals surface area contributed by atoms with Gasteiger partial charge >= 0.3 is 0 Å². The maximum absolute atomic E-state index is 12.0. The molecule has 654 valence electrons. The molecule has 2 radical (unpaired) electrons. The van der Waals surface area contributed by atoms with Crippen LogP contribution < -0.4 is 66.8 Å². The number of aliphatic imine (C=N–C) groups is 1. The van der Waals surface area contributed by atoms with E-state index in [4.69, 9.17) is 49.1 Å². The summed E-state index contributed by atoms with van der Waals surface area (Å²) in [6.45, 7) is 0. The lowest BCUT2D eigenvalue weighted by atomic mass is 9.99. The molecule has 0 atom stereocenters. The van der Waals surface area contributed by atoms with Crippen molar-refractivity contribution in [1.82, 2.24) is 96.2 Å². The van der Waals surface area contributed by atoms with Gasteiger partial charge in [-0.2, -0.15) is 20.3 Å². The maximum Gasteiger partial charge on any atom is 0.250 e. The lowest BCUT2D eigenvalue weighted by molar-refractivity contribution is -0.118. The molecule has 19 rings (SSSR count). The van der Waals surface area contributed by atoms with Crippen molar-refractivity contribution < 1.29 is 20.5 Å². The first-order valence-corrected chi connectivity index (χ1v) is 41.9. The molecule has 17 aromatic rings. The average Bonchev–Trinajstić information content (AvgIpc) is 1.63. The molecule has 16 heterocycles. The number of aryl methyl sites for hydroxylation is 5. The Morgan fingerprint density at radius 2 is 0.938 bits per heavy atom. The van der Waals surface area contributed by atoms with Crippen LogP contribution in [0.25, 0.3) is 67.1 Å². The van der Waals surface area contributed by atoms with Gasteiger partial charge in [-0.3, -0.25) is 59.1 Å². The number of isothiocyanates is 1. The van der Waals surface area contributed by atoms with Crippen molar-refractivity contribution in [3.63, 3.8) is 0 Å². The minimum Gasteiger partial charge on any atom is -0.412 e. The largest absolute Gasteiger partial charge is 0.412 e. The fourth-order valence-corrected chi connectivity index (χ4v) is 13.2. The number of para-hydroxylation sites is 1. The standard InChI is InChI=1S/C22H18N8O2S.C12H10N4OS.C11H9ClN2O.C11H12N4O.C10H9IN4O.C7H5NS.C6H6BrNO.C5H3BClN.H4N2.2H2O/c1-28-10-14(5-9-20(28)31)15-4-6-18-25-26-22(29(18)11-15)33-19-8-7-17-23-16(12-30(17)27-19)24-21(32)13-2-3-13;1-15-6-8(3-5-11(15)17)9-2-4-10-13-14-12(18)16(10)7-9;1-14-7-9(3-5-11(14)15)8-2-4-10(12)13-6-8;1-15-7-9(3-5-11(15)16)8-2-4-10(14-12)13-6-8;11-7-3-4-9-12-8(5-15(9)14-7)13-10(16)6-1-2-6;9-6-8-7-4-2-1-3-5-7;1-8-4-5(7)2-3-6(8)9;6-4-1-2-5(7)8-3-4;1-2;;/h4-13H,2-3H2,1H3,(H,24,32);2-7H,1H3,(H,14,18);2-7H,1H3;2-7H,12H2,1H3,(H,13,14);3-6H,1-2H2,(H,13,16);1-5H;2-4H,1H3;1-3H;1-2H2;2*1H2. The van der Waals surface area contributed by atoms with Gasteiger partial charge in [-0.25, -0.2) is 39.8 Å². The minimum absolute atomic E-state index is 0. The van der Waals surface area contributed by atoms with E-state index in [0.717, 1.165) is 95.3 Å². The molecule has 1 aromatic carbocycles. The lowest BCUT2D eigenvalue weighted by Crippen LogP contribution is -2.14. The molecular formula is C84H80BBrCl2IN27O9S3. The van der Waals surface area contributed by atoms with E-state index >= 15 is 0 Å². The van der Waals surface area contributed by atoms with Crippen LogP contribution in [-0.4, -0.2) is 132 Å². The zero-order valence-corrected chi connectivity index (χ0v) is 76.2. The van der Waals surface area contributed by atoms with Crippen LogP contribution in [0.1, 0.15) is 25.7 Å². The van der Waals surface area contributed by atoms with Crippen molar-refractivity contribution in [3.05, 3.63) is 325 Å². The first-order valence-electron chi connectivity index (χ1n) is 37.7. The summed E-state index contributed by atoms with van der Waals surface area (Å²) in [4.78, 5) is 104. The van der Waals surface area contributed by atoms with E-state index < -0.39 is 0 Å². The number of aromatic amines is 1. The van der Waals surface area contributed by atoms with Crippen LogP contribution in [0, 0.1) is 20.3 Å². The smallest absolute Gasteiger partial charge is 0.250 e. The van der Waals surface area contributed by atoms with Crippen LogP contribution in [0.3, 0.4) is 0 Å². The number of hydrogen-bond donors (Lipinski definition) is 7. The van der Waals surface area contributed by atoms with E-state index in [1.54, 1.807) is 180 Å². The van der Waals surface area contributed by atoms with E-state index in [1.807, 2.05) is 108 Å². The van der Waals surface area contributed by atoms with Crippen LogP contribution in [-0.2, 0) is 44.8 Å². The maximum atomic E-state index is 12.0. The molecule has 0 saturated heterocycles. The van der Waals surface area contributed by atoms with Gasteiger partial charge < -0.3 is 49.8 Å². The summed E-state index contributed by atoms with van der Waals surface area (Å²) >= 11 is 27.4. The predicted octanol–water partition coefficient (Wildman–Crippen LogP) is 10.2. The van der Waals surface area contributed by atoms with Crippen molar-refractivity contribution >= 4 is 174 Å². The normalized spacial score (nSPS) is 11.3. The number of hydrazine groups is 2. The van der Waals surface area contributed by atoms with Crippen molar-refractivity contribution in [2.24, 2.45) is 69.6 Å². The van der Waals surface area contributed by atoms with Crippen LogP contribution in [0.2, 0.25) is 10.3 Å². The second kappa shape index (κ2) is 47.3. The lowest BCUT2D eigenvalue weighted by Gasteiger charge is -2.06. The average molecular weight is 2000 g/mol. The molecule has 14 N–H and O–H groups in total. The van der Waals surface area contributed by atoms with E-state index in [1.165, 1.54) is 49.9 Å². The van der Waals surface area contributed by atoms with Gasteiger partial charge in [0.2, 0.25) is 44.8 Å². The number of thiocarbonyl (C=S) groups is 1. The van der Waals surface area contributed by atoms with Gasteiger partial charge in [-0.1, -0.05) is 52.9 Å². The van der Waals surface area contributed by atoms with Gasteiger partial charge in [0.25, 0.3) is 0 Å². The number of anilines is 3. The highest BCUT2D eigenvalue weighted by Gasteiger charge is 2.31. The first-order chi connectivity index (χ1) is 60.7. The van der Waals surface area contributed by atoms with E-state index in [0.29, 0.717) is 59.5 Å². The van der Waals surface area contributed by atoms with Gasteiger partial charge in [0.1, 0.15) is 32.7 Å². The summed E-state index contributed by atoms with van der Waals surface area (Å²) < 4.78 is 17.1. The molecule has 0 spiro atoms. The third-order valence-electron chi connectivity index (χ3n) is 18.0. The van der Waals surface area contributed by atoms with Gasteiger partial charge in [-0.05, 0) is 244 Å². The molecular weight excluding hydrogens is 1920 g/mol. The number of nitrogens with two attached hydrogens (primary N) is 3. The third-order valence-corrected chi connectivity index (χ3v) is 20.8. The Bertz CT molecular complexity index is 7110. The number of benzene rings is 1. The summed E-state index contributed by atoms with van der Waals surface area (Å²) in [5.41, 5.74) is 14.3. The van der Waals surface area contributed by atoms with Gasteiger partial charge in [-0.15, -0.1) is 10.2 Å². The number of pyridine rings is 10. The quantitative estimate of drug-likeness (QED) is 0.0114. The Kier molecular flexibility index (Phi) is 36.4. The SMILES string of the molecule is Cn1cc(-c2ccc(Cl)nc2)ccc1=O.Cn1cc(-c2ccc(NN)nc2)ccc1=O.Cn1cc(-c2ccc3n[nH]c(=S)n3c2)ccc1=O.Cn1cc(-c2ccc3nnc(Sc4ccc5nc(NC(=O)C6CC6)cn5n4)n3c2)ccc1=O.Cn1cc(Br)ccc1=O.NN.O.O.O=C(Nc1cn2nc(I)ccc2n1)C1CC1.S=C=Nc1ccccc1.[B]c1ccc(Cl)nc1. The minimum atomic E-state index is -0.0587. The van der Waals surface area contributed by atoms with Crippen molar-refractivity contribution in [2.75, 3.05) is 16.1 Å².